The predicted octanol–water partition coefficient (Wildman–Crippen LogP) is 3.39. The zero-order valence-corrected chi connectivity index (χ0v) is 13.7. The van der Waals surface area contributed by atoms with Crippen molar-refractivity contribution < 1.29 is 24.2 Å². The number of benzene rings is 1. The van der Waals surface area contributed by atoms with Crippen molar-refractivity contribution in [3.63, 3.8) is 0 Å². The van der Waals surface area contributed by atoms with Crippen LogP contribution in [0.5, 0.6) is 5.75 Å². The molecule has 0 aliphatic rings. The highest BCUT2D eigenvalue weighted by Crippen LogP contribution is 2.30. The minimum absolute atomic E-state index is 0.323. The fraction of sp³-hybridized carbons (Fsp3) is 0.467. The summed E-state index contributed by atoms with van der Waals surface area (Å²) in [6.45, 7) is 5.16. The number of amides is 1. The Bertz CT molecular complexity index is 553. The first-order chi connectivity index (χ1) is 10.1. The Hall–Kier alpha value is -1.95. The fourth-order valence-corrected chi connectivity index (χ4v) is 2.02. The average molecular weight is 330 g/mol. The van der Waals surface area contributed by atoms with Gasteiger partial charge in [-0.05, 0) is 39.0 Å². The summed E-state index contributed by atoms with van der Waals surface area (Å²) in [6, 6.07) is 3.98. The maximum Gasteiger partial charge on any atom is 0.408 e. The molecule has 0 saturated carbocycles. The molecule has 1 atom stereocenters. The fourth-order valence-electron chi connectivity index (χ4n) is 1.84. The molecule has 0 unspecified atom stereocenters. The number of carboxylic acid groups (broad SMARTS) is 1. The Morgan fingerprint density at radius 3 is 2.50 bits per heavy atom. The molecule has 0 bridgehead atoms. The van der Waals surface area contributed by atoms with E-state index in [0.717, 1.165) is 0 Å². The minimum atomic E-state index is -1.07. The lowest BCUT2D eigenvalue weighted by Crippen LogP contribution is -2.36. The second-order valence-corrected chi connectivity index (χ2v) is 6.12. The second kappa shape index (κ2) is 7.35. The molecule has 0 fully saturated rings. The van der Waals surface area contributed by atoms with E-state index in [2.05, 4.69) is 5.32 Å². The first kappa shape index (κ1) is 18.1. The summed E-state index contributed by atoms with van der Waals surface area (Å²) in [4.78, 5) is 23.0. The Balaban J connectivity index is 3.05. The maximum absolute atomic E-state index is 11.9. The molecule has 1 aromatic rings. The smallest absolute Gasteiger partial charge is 0.408 e. The molecule has 122 valence electrons. The van der Waals surface area contributed by atoms with E-state index >= 15 is 0 Å². The van der Waals surface area contributed by atoms with Crippen LogP contribution in [0.3, 0.4) is 0 Å². The van der Waals surface area contributed by atoms with Crippen LogP contribution in [0.15, 0.2) is 18.2 Å². The standard InChI is InChI=1S/C15H20ClNO5/c1-15(2,3)22-14(20)17-11(8-13(18)19)10-7-9(16)5-6-12(10)21-4/h5-7,11H,8H2,1-4H3,(H,17,20)(H,18,19)/t11-/m1/s1. The van der Waals surface area contributed by atoms with Gasteiger partial charge < -0.3 is 19.9 Å². The van der Waals surface area contributed by atoms with Crippen molar-refractivity contribution in [2.75, 3.05) is 7.11 Å². The molecule has 0 saturated heterocycles. The van der Waals surface area contributed by atoms with E-state index < -0.39 is 23.7 Å². The van der Waals surface area contributed by atoms with Gasteiger partial charge in [0, 0.05) is 10.6 Å². The van der Waals surface area contributed by atoms with E-state index in [1.807, 2.05) is 0 Å². The summed E-state index contributed by atoms with van der Waals surface area (Å²) in [7, 11) is 1.46. The van der Waals surface area contributed by atoms with Gasteiger partial charge in [0.15, 0.2) is 0 Å². The summed E-state index contributed by atoms with van der Waals surface area (Å²) in [5.74, 6) is -0.630. The highest BCUT2D eigenvalue weighted by atomic mass is 35.5. The number of ether oxygens (including phenoxy) is 2. The number of halogens is 1. The number of alkyl carbamates (subject to hydrolysis) is 1. The zero-order valence-electron chi connectivity index (χ0n) is 13.0. The largest absolute Gasteiger partial charge is 0.496 e. The number of carbonyl (C=O) groups is 2. The Morgan fingerprint density at radius 2 is 2.00 bits per heavy atom. The number of carboxylic acids is 1. The molecule has 0 aliphatic carbocycles. The first-order valence-corrected chi connectivity index (χ1v) is 7.05. The molecule has 6 nitrogen and oxygen atoms in total. The lowest BCUT2D eigenvalue weighted by atomic mass is 10.0. The molecule has 0 aliphatic heterocycles. The van der Waals surface area contributed by atoms with Crippen molar-refractivity contribution in [1.82, 2.24) is 5.32 Å². The lowest BCUT2D eigenvalue weighted by molar-refractivity contribution is -0.137. The van der Waals surface area contributed by atoms with Crippen LogP contribution in [-0.2, 0) is 9.53 Å². The Kier molecular flexibility index (Phi) is 6.05. The van der Waals surface area contributed by atoms with Gasteiger partial charge in [-0.3, -0.25) is 4.79 Å². The topological polar surface area (TPSA) is 84.9 Å². The third-order valence-electron chi connectivity index (χ3n) is 2.64. The monoisotopic (exact) mass is 329 g/mol. The third-order valence-corrected chi connectivity index (χ3v) is 2.87. The summed E-state index contributed by atoms with van der Waals surface area (Å²) in [5, 5.41) is 12.0. The molecule has 7 heteroatoms. The van der Waals surface area contributed by atoms with Gasteiger partial charge in [0.05, 0.1) is 19.6 Å². The number of nitrogens with one attached hydrogen (secondary N) is 1. The van der Waals surface area contributed by atoms with Crippen LogP contribution in [0.25, 0.3) is 0 Å². The molecule has 1 rings (SSSR count). The number of hydrogen-bond acceptors (Lipinski definition) is 4. The second-order valence-electron chi connectivity index (χ2n) is 5.68. The molecule has 1 aromatic carbocycles. The molecular formula is C15H20ClNO5. The van der Waals surface area contributed by atoms with Crippen LogP contribution < -0.4 is 10.1 Å². The van der Waals surface area contributed by atoms with Crippen LogP contribution in [0.2, 0.25) is 5.02 Å². The highest BCUT2D eigenvalue weighted by molar-refractivity contribution is 6.30. The Labute approximate surface area is 134 Å². The van der Waals surface area contributed by atoms with Gasteiger partial charge in [-0.2, -0.15) is 0 Å². The quantitative estimate of drug-likeness (QED) is 0.865. The van der Waals surface area contributed by atoms with Crippen molar-refractivity contribution in [2.45, 2.75) is 38.8 Å². The molecule has 2 N–H and O–H groups in total. The SMILES string of the molecule is COc1ccc(Cl)cc1[C@@H](CC(=O)O)NC(=O)OC(C)(C)C. The van der Waals surface area contributed by atoms with Crippen LogP contribution in [-0.4, -0.2) is 29.9 Å². The number of hydrogen-bond donors (Lipinski definition) is 2. The number of aliphatic carboxylic acids is 1. The highest BCUT2D eigenvalue weighted by Gasteiger charge is 2.25. The predicted molar refractivity (Wildman–Crippen MR) is 82.4 cm³/mol. The van der Waals surface area contributed by atoms with Crippen molar-refractivity contribution in [2.24, 2.45) is 0 Å². The van der Waals surface area contributed by atoms with Crippen LogP contribution >= 0.6 is 11.6 Å². The van der Waals surface area contributed by atoms with E-state index in [0.29, 0.717) is 16.3 Å². The van der Waals surface area contributed by atoms with E-state index in [9.17, 15) is 9.59 Å². The number of methoxy groups -OCH3 is 1. The minimum Gasteiger partial charge on any atom is -0.496 e. The summed E-state index contributed by atoms with van der Waals surface area (Å²) in [5.41, 5.74) is -0.209. The van der Waals surface area contributed by atoms with E-state index in [-0.39, 0.29) is 6.42 Å². The number of rotatable bonds is 5. The number of carbonyl (C=O) groups excluding carboxylic acids is 1. The molecule has 0 aromatic heterocycles. The lowest BCUT2D eigenvalue weighted by Gasteiger charge is -2.24. The molecule has 22 heavy (non-hydrogen) atoms. The van der Waals surface area contributed by atoms with Gasteiger partial charge in [0.2, 0.25) is 0 Å². The zero-order chi connectivity index (χ0) is 16.9. The van der Waals surface area contributed by atoms with Crippen molar-refractivity contribution in [1.29, 1.82) is 0 Å². The van der Waals surface area contributed by atoms with Gasteiger partial charge in [-0.15, -0.1) is 0 Å². The Morgan fingerprint density at radius 1 is 1.36 bits per heavy atom. The van der Waals surface area contributed by atoms with Crippen LogP contribution in [0.1, 0.15) is 38.8 Å². The summed E-state index contributed by atoms with van der Waals surface area (Å²) in [6.07, 6.45) is -1.03. The maximum atomic E-state index is 11.9. The van der Waals surface area contributed by atoms with Crippen molar-refractivity contribution in [3.8, 4) is 5.75 Å². The van der Waals surface area contributed by atoms with Gasteiger partial charge in [-0.1, -0.05) is 11.6 Å². The van der Waals surface area contributed by atoms with Gasteiger partial charge >= 0.3 is 12.1 Å². The molecule has 1 amide bonds. The molecular weight excluding hydrogens is 310 g/mol. The summed E-state index contributed by atoms with van der Waals surface area (Å²) < 4.78 is 10.4. The van der Waals surface area contributed by atoms with Crippen LogP contribution in [0.4, 0.5) is 4.79 Å². The molecule has 0 heterocycles. The van der Waals surface area contributed by atoms with Crippen molar-refractivity contribution in [3.05, 3.63) is 28.8 Å². The average Bonchev–Trinajstić information content (AvgIpc) is 2.35. The van der Waals surface area contributed by atoms with Gasteiger partial charge in [-0.25, -0.2) is 4.79 Å². The van der Waals surface area contributed by atoms with Crippen LogP contribution in [0, 0.1) is 0 Å². The van der Waals surface area contributed by atoms with E-state index in [4.69, 9.17) is 26.2 Å². The van der Waals surface area contributed by atoms with E-state index in [1.54, 1.807) is 39.0 Å². The normalized spacial score (nSPS) is 12.4. The third kappa shape index (κ3) is 5.81. The first-order valence-electron chi connectivity index (χ1n) is 6.67. The van der Waals surface area contributed by atoms with Gasteiger partial charge in [0.25, 0.3) is 0 Å². The summed E-state index contributed by atoms with van der Waals surface area (Å²) >= 11 is 5.95. The van der Waals surface area contributed by atoms with Crippen molar-refractivity contribution >= 4 is 23.7 Å². The van der Waals surface area contributed by atoms with E-state index in [1.165, 1.54) is 7.11 Å². The molecule has 0 radical (unpaired) electrons. The molecule has 0 spiro atoms. The van der Waals surface area contributed by atoms with Gasteiger partial charge in [0.1, 0.15) is 11.4 Å².